The van der Waals surface area contributed by atoms with Crippen LogP contribution in [0.15, 0.2) is 122 Å². The molecule has 5 aliphatic rings. The predicted molar refractivity (Wildman–Crippen MR) is 280 cm³/mol. The smallest absolute Gasteiger partial charge is 0.329 e. The molecule has 0 bridgehead atoms. The van der Waals surface area contributed by atoms with Crippen LogP contribution in [-0.4, -0.2) is 124 Å². The van der Waals surface area contributed by atoms with Gasteiger partial charge in [-0.25, -0.2) is 24.5 Å². The number of piperazine rings is 1. The lowest BCUT2D eigenvalue weighted by Crippen LogP contribution is -2.60. The normalized spacial score (nSPS) is 24.4. The van der Waals surface area contributed by atoms with Crippen molar-refractivity contribution in [2.45, 2.75) is 93.7 Å². The SMILES string of the molecule is COC(=O)C(NC(=O)N1C(=O)C2(c3cc(C#CC4(O)CCCCCC4)ccc31)C(C(=O)N1CCN(c3ncccn3)CC1)C1C(=O)OC(c3ccccc3)C(c3ccccc3)N1C2c1ccc(OCCO)cc1)C(C)C. The molecule has 394 valence electrons. The fourth-order valence-corrected chi connectivity index (χ4v) is 12.1. The number of hydrogen-bond donors (Lipinski definition) is 3. The quantitative estimate of drug-likeness (QED) is 0.0766. The number of fused-ring (bicyclic) bond motifs is 3. The predicted octanol–water partition coefficient (Wildman–Crippen LogP) is 6.21. The lowest BCUT2D eigenvalue weighted by atomic mass is 9.64. The number of hydrogen-bond acceptors (Lipinski definition) is 14. The van der Waals surface area contributed by atoms with Gasteiger partial charge in [-0.15, -0.1) is 0 Å². The van der Waals surface area contributed by atoms with Crippen molar-refractivity contribution in [2.24, 2.45) is 11.8 Å². The number of amides is 4. The number of carbonyl (C=O) groups excluding carboxylic acids is 5. The van der Waals surface area contributed by atoms with Crippen molar-refractivity contribution in [3.8, 4) is 17.6 Å². The molecule has 1 spiro atoms. The Labute approximate surface area is 442 Å². The molecule has 5 aromatic rings. The first kappa shape index (κ1) is 51.8. The topological polar surface area (TPSA) is 204 Å². The molecule has 4 amide bonds. The van der Waals surface area contributed by atoms with Crippen molar-refractivity contribution >= 4 is 41.4 Å². The molecule has 7 unspecified atom stereocenters. The zero-order chi connectivity index (χ0) is 53.1. The molecule has 1 aliphatic carbocycles. The van der Waals surface area contributed by atoms with Gasteiger partial charge < -0.3 is 39.5 Å². The van der Waals surface area contributed by atoms with E-state index in [4.69, 9.17) is 14.2 Å². The number of morpholine rings is 1. The van der Waals surface area contributed by atoms with E-state index in [-0.39, 0.29) is 37.6 Å². The van der Waals surface area contributed by atoms with Gasteiger partial charge in [0, 0.05) is 44.1 Å². The van der Waals surface area contributed by atoms with Crippen LogP contribution in [0.3, 0.4) is 0 Å². The Morgan fingerprint density at radius 2 is 1.47 bits per heavy atom. The van der Waals surface area contributed by atoms with Gasteiger partial charge in [0.2, 0.25) is 17.8 Å². The number of anilines is 2. The first-order valence-electron chi connectivity index (χ1n) is 26.2. The Morgan fingerprint density at radius 3 is 2.11 bits per heavy atom. The molecule has 5 heterocycles. The minimum Gasteiger partial charge on any atom is -0.491 e. The molecule has 7 atom stereocenters. The first-order chi connectivity index (χ1) is 36.9. The number of cyclic esters (lactones) is 1. The van der Waals surface area contributed by atoms with Gasteiger partial charge in [-0.05, 0) is 90.3 Å². The molecule has 3 saturated heterocycles. The maximum Gasteiger partial charge on any atom is 0.329 e. The van der Waals surface area contributed by atoms with Crippen molar-refractivity contribution < 1.29 is 48.4 Å². The first-order valence-corrected chi connectivity index (χ1v) is 26.2. The Kier molecular flexibility index (Phi) is 14.9. The van der Waals surface area contributed by atoms with Gasteiger partial charge in [-0.3, -0.25) is 19.3 Å². The van der Waals surface area contributed by atoms with E-state index in [1.807, 2.05) is 70.5 Å². The van der Waals surface area contributed by atoms with Crippen molar-refractivity contribution in [1.82, 2.24) is 25.1 Å². The number of nitrogens with one attached hydrogen (secondary N) is 1. The van der Waals surface area contributed by atoms with Gasteiger partial charge in [-0.1, -0.05) is 111 Å². The van der Waals surface area contributed by atoms with Crippen molar-refractivity contribution in [3.63, 3.8) is 0 Å². The summed E-state index contributed by atoms with van der Waals surface area (Å²) in [5.74, 6) is 2.51. The highest BCUT2D eigenvalue weighted by molar-refractivity contribution is 6.25. The summed E-state index contributed by atoms with van der Waals surface area (Å²) in [5.41, 5.74) is -0.699. The minimum absolute atomic E-state index is 0.0135. The number of urea groups is 1. The Balaban J connectivity index is 1.24. The summed E-state index contributed by atoms with van der Waals surface area (Å²) in [6, 6.07) is 27.0. The largest absolute Gasteiger partial charge is 0.491 e. The molecule has 10 rings (SSSR count). The zero-order valence-electron chi connectivity index (χ0n) is 42.9. The minimum atomic E-state index is -2.12. The third-order valence-corrected chi connectivity index (χ3v) is 15.7. The van der Waals surface area contributed by atoms with Gasteiger partial charge in [0.25, 0.3) is 0 Å². The van der Waals surface area contributed by atoms with Crippen LogP contribution in [0.5, 0.6) is 5.75 Å². The maximum atomic E-state index is 16.9. The summed E-state index contributed by atoms with van der Waals surface area (Å²) in [5, 5.41) is 24.3. The summed E-state index contributed by atoms with van der Waals surface area (Å²) in [4.78, 5) is 93.3. The second-order valence-corrected chi connectivity index (χ2v) is 20.5. The van der Waals surface area contributed by atoms with Crippen LogP contribution in [-0.2, 0) is 34.1 Å². The number of aliphatic hydroxyl groups excluding tert-OH is 1. The van der Waals surface area contributed by atoms with Gasteiger partial charge >= 0.3 is 18.0 Å². The van der Waals surface area contributed by atoms with Crippen molar-refractivity contribution in [1.29, 1.82) is 0 Å². The van der Waals surface area contributed by atoms with E-state index in [1.54, 1.807) is 79.7 Å². The number of aromatic nitrogens is 2. The highest BCUT2D eigenvalue weighted by Crippen LogP contribution is 2.66. The fraction of sp³-hybridized carbons (Fsp3) is 0.407. The Morgan fingerprint density at radius 1 is 0.816 bits per heavy atom. The summed E-state index contributed by atoms with van der Waals surface area (Å²) in [7, 11) is 1.22. The summed E-state index contributed by atoms with van der Waals surface area (Å²) < 4.78 is 17.7. The van der Waals surface area contributed by atoms with E-state index in [9.17, 15) is 15.0 Å². The second kappa shape index (κ2) is 21.9. The third-order valence-electron chi connectivity index (χ3n) is 15.7. The van der Waals surface area contributed by atoms with Crippen LogP contribution in [0.1, 0.15) is 98.4 Å². The van der Waals surface area contributed by atoms with Gasteiger partial charge in [0.15, 0.2) is 0 Å². The van der Waals surface area contributed by atoms with E-state index in [1.165, 1.54) is 7.11 Å². The number of rotatable bonds is 11. The zero-order valence-corrected chi connectivity index (χ0v) is 42.9. The van der Waals surface area contributed by atoms with Crippen LogP contribution in [0.25, 0.3) is 0 Å². The molecule has 1 saturated carbocycles. The van der Waals surface area contributed by atoms with E-state index in [2.05, 4.69) is 27.1 Å². The number of aliphatic hydroxyl groups is 2. The third kappa shape index (κ3) is 9.54. The van der Waals surface area contributed by atoms with E-state index in [0.717, 1.165) is 36.1 Å². The second-order valence-electron chi connectivity index (χ2n) is 20.5. The van der Waals surface area contributed by atoms with E-state index < -0.39 is 82.9 Å². The average Bonchev–Trinajstić information content (AvgIpc) is 4.02. The molecule has 17 heteroatoms. The van der Waals surface area contributed by atoms with Crippen molar-refractivity contribution in [2.75, 3.05) is 56.3 Å². The number of nitrogens with zero attached hydrogens (tertiary/aromatic N) is 6. The lowest BCUT2D eigenvalue weighted by molar-refractivity contribution is -0.179. The highest BCUT2D eigenvalue weighted by atomic mass is 16.6. The maximum absolute atomic E-state index is 16.9. The van der Waals surface area contributed by atoms with Crippen LogP contribution in [0.2, 0.25) is 0 Å². The van der Waals surface area contributed by atoms with Gasteiger partial charge in [-0.2, -0.15) is 0 Å². The summed E-state index contributed by atoms with van der Waals surface area (Å²) in [6.07, 6.45) is 6.90. The monoisotopic (exact) mass is 1030 g/mol. The number of benzene rings is 4. The summed E-state index contributed by atoms with van der Waals surface area (Å²) >= 11 is 0. The van der Waals surface area contributed by atoms with Crippen LogP contribution in [0, 0.1) is 23.7 Å². The molecule has 4 fully saturated rings. The Hall–Kier alpha value is -7.65. The lowest BCUT2D eigenvalue weighted by Gasteiger charge is -2.46. The standard InChI is InChI=1S/C59H63N7O10/c1-38(2)47(53(69)74-3)62-57(72)65-45-24-19-39(25-28-58(73)26-12-4-5-13-27-58)37-44(45)59(55(65)71)46(52(68)63-31-33-64(34-32-63)56-60-29-14-30-61-56)49-54(70)76-50(41-17-10-7-11-18-41)48(40-15-8-6-9-16-40)66(49)51(59)42-20-22-43(23-21-42)75-36-35-67/h6-11,14-24,29-30,37-38,46-51,67,73H,4-5,12-13,26-27,31-36H2,1-3H3,(H,62,72). The number of carbonyl (C=O) groups is 5. The molecular weight excluding hydrogens is 967 g/mol. The molecule has 3 N–H and O–H groups in total. The average molecular weight is 1030 g/mol. The number of ether oxygens (including phenoxy) is 3. The fourth-order valence-electron chi connectivity index (χ4n) is 12.1. The van der Waals surface area contributed by atoms with Crippen LogP contribution >= 0.6 is 0 Å². The molecule has 0 radical (unpaired) electrons. The Bertz CT molecular complexity index is 2990. The molecule has 4 aliphatic heterocycles. The van der Waals surface area contributed by atoms with Crippen LogP contribution in [0.4, 0.5) is 16.4 Å². The molecule has 4 aromatic carbocycles. The van der Waals surface area contributed by atoms with Crippen molar-refractivity contribution in [3.05, 3.63) is 149 Å². The van der Waals surface area contributed by atoms with Gasteiger partial charge in [0.1, 0.15) is 41.6 Å². The van der Waals surface area contributed by atoms with E-state index >= 15 is 19.2 Å². The molecule has 17 nitrogen and oxygen atoms in total. The molecular formula is C59H63N7O10. The number of esters is 2. The van der Waals surface area contributed by atoms with Crippen LogP contribution < -0.4 is 19.9 Å². The number of methoxy groups -OCH3 is 1. The number of imide groups is 1. The summed E-state index contributed by atoms with van der Waals surface area (Å²) in [6.45, 7) is 4.28. The highest BCUT2D eigenvalue weighted by Gasteiger charge is 2.76. The van der Waals surface area contributed by atoms with E-state index in [0.29, 0.717) is 54.3 Å². The van der Waals surface area contributed by atoms with Gasteiger partial charge in [0.05, 0.1) is 37.4 Å². The molecule has 1 aromatic heterocycles. The molecule has 76 heavy (non-hydrogen) atoms.